The van der Waals surface area contributed by atoms with Gasteiger partial charge in [0.15, 0.2) is 11.4 Å². The van der Waals surface area contributed by atoms with Crippen LogP contribution in [-0.4, -0.2) is 44.0 Å². The van der Waals surface area contributed by atoms with E-state index in [1.54, 1.807) is 12.1 Å². The molecule has 0 spiro atoms. The van der Waals surface area contributed by atoms with Crippen LogP contribution in [0.15, 0.2) is 52.9 Å². The molecular weight excluding hydrogens is 526 g/mol. The van der Waals surface area contributed by atoms with Crippen LogP contribution in [0.5, 0.6) is 0 Å². The van der Waals surface area contributed by atoms with E-state index in [0.29, 0.717) is 33.4 Å². The van der Waals surface area contributed by atoms with Crippen molar-refractivity contribution in [1.82, 2.24) is 19.4 Å². The molecule has 0 radical (unpaired) electrons. The standard InChI is InChI=1S/C31H30ClN5O3/c1-17-20(7-5-9-22(17)31-35-25-14-19(16-38)13-23(32)28(25)40-31)21-8-6-10-24(18(21)2)34-30(39)29-33-26-15-36(3)12-11-27(26)37(29)4/h5-10,13-14,38H,11-12,15-16H2,1-4H3,(H,34,39). The summed E-state index contributed by atoms with van der Waals surface area (Å²) in [6.45, 7) is 5.60. The van der Waals surface area contributed by atoms with Gasteiger partial charge in [-0.15, -0.1) is 0 Å². The van der Waals surface area contributed by atoms with E-state index in [0.717, 1.165) is 64.4 Å². The molecule has 204 valence electrons. The summed E-state index contributed by atoms with van der Waals surface area (Å²) in [6.07, 6.45) is 0.877. The van der Waals surface area contributed by atoms with Crippen LogP contribution in [0, 0.1) is 13.8 Å². The number of nitrogens with one attached hydrogen (secondary N) is 1. The number of likely N-dealkylation sites (N-methyl/N-ethyl adjacent to an activating group) is 1. The van der Waals surface area contributed by atoms with Crippen LogP contribution in [-0.2, 0) is 26.6 Å². The van der Waals surface area contributed by atoms with Crippen molar-refractivity contribution in [3.8, 4) is 22.6 Å². The lowest BCUT2D eigenvalue weighted by Crippen LogP contribution is -2.27. The first-order chi connectivity index (χ1) is 19.2. The second-order valence-corrected chi connectivity index (χ2v) is 10.8. The Labute approximate surface area is 237 Å². The van der Waals surface area contributed by atoms with Gasteiger partial charge in [0.1, 0.15) is 5.52 Å². The fourth-order valence-electron chi connectivity index (χ4n) is 5.52. The van der Waals surface area contributed by atoms with Crippen LogP contribution < -0.4 is 5.32 Å². The Balaban J connectivity index is 1.34. The van der Waals surface area contributed by atoms with Crippen LogP contribution in [0.3, 0.4) is 0 Å². The number of amides is 1. The zero-order valence-corrected chi connectivity index (χ0v) is 23.6. The third-order valence-corrected chi connectivity index (χ3v) is 8.05. The van der Waals surface area contributed by atoms with Crippen molar-refractivity contribution < 1.29 is 14.3 Å². The zero-order chi connectivity index (χ0) is 28.1. The molecule has 0 fully saturated rings. The number of anilines is 1. The third kappa shape index (κ3) is 4.48. The zero-order valence-electron chi connectivity index (χ0n) is 22.9. The number of imidazole rings is 1. The van der Waals surface area contributed by atoms with Gasteiger partial charge in [0.25, 0.3) is 5.91 Å². The molecule has 3 heterocycles. The highest BCUT2D eigenvalue weighted by atomic mass is 35.5. The summed E-state index contributed by atoms with van der Waals surface area (Å²) in [5.74, 6) is 0.649. The molecule has 0 atom stereocenters. The van der Waals surface area contributed by atoms with Crippen molar-refractivity contribution in [1.29, 1.82) is 0 Å². The molecular formula is C31H30ClN5O3. The lowest BCUT2D eigenvalue weighted by atomic mass is 9.93. The lowest BCUT2D eigenvalue weighted by Gasteiger charge is -2.21. The molecule has 1 aliphatic rings. The van der Waals surface area contributed by atoms with Gasteiger partial charge >= 0.3 is 0 Å². The number of halogens is 1. The number of aromatic nitrogens is 3. The van der Waals surface area contributed by atoms with Crippen LogP contribution in [0.1, 0.15) is 38.7 Å². The molecule has 9 heteroatoms. The van der Waals surface area contributed by atoms with Gasteiger partial charge in [0.2, 0.25) is 5.89 Å². The maximum absolute atomic E-state index is 13.3. The predicted molar refractivity (Wildman–Crippen MR) is 156 cm³/mol. The number of hydrogen-bond acceptors (Lipinski definition) is 6. The highest BCUT2D eigenvalue weighted by Crippen LogP contribution is 2.37. The van der Waals surface area contributed by atoms with Gasteiger partial charge in [-0.3, -0.25) is 4.79 Å². The van der Waals surface area contributed by atoms with E-state index in [4.69, 9.17) is 16.0 Å². The molecule has 0 bridgehead atoms. The van der Waals surface area contributed by atoms with Crippen molar-refractivity contribution in [2.45, 2.75) is 33.4 Å². The highest BCUT2D eigenvalue weighted by Gasteiger charge is 2.24. The van der Waals surface area contributed by atoms with Crippen molar-refractivity contribution in [2.24, 2.45) is 7.05 Å². The van der Waals surface area contributed by atoms with Crippen LogP contribution in [0.25, 0.3) is 33.7 Å². The summed E-state index contributed by atoms with van der Waals surface area (Å²) in [7, 11) is 3.98. The van der Waals surface area contributed by atoms with Crippen LogP contribution >= 0.6 is 11.6 Å². The number of aliphatic hydroxyl groups excluding tert-OH is 1. The Morgan fingerprint density at radius 2 is 1.77 bits per heavy atom. The number of hydrogen-bond donors (Lipinski definition) is 2. The van der Waals surface area contributed by atoms with E-state index in [1.165, 1.54) is 0 Å². The SMILES string of the molecule is Cc1c(NC(=O)c2nc3c(n2C)CCN(C)C3)cccc1-c1cccc(-c2nc3cc(CO)cc(Cl)c3o2)c1C. The van der Waals surface area contributed by atoms with Gasteiger partial charge in [-0.2, -0.15) is 0 Å². The lowest BCUT2D eigenvalue weighted by molar-refractivity contribution is 0.101. The van der Waals surface area contributed by atoms with Gasteiger partial charge in [0, 0.05) is 43.5 Å². The fourth-order valence-corrected chi connectivity index (χ4v) is 5.79. The monoisotopic (exact) mass is 555 g/mol. The maximum atomic E-state index is 13.3. The van der Waals surface area contributed by atoms with Crippen molar-refractivity contribution in [2.75, 3.05) is 18.9 Å². The number of fused-ring (bicyclic) bond motifs is 2. The summed E-state index contributed by atoms with van der Waals surface area (Å²) < 4.78 is 7.99. The van der Waals surface area contributed by atoms with Gasteiger partial charge in [-0.25, -0.2) is 9.97 Å². The predicted octanol–water partition coefficient (Wildman–Crippen LogP) is 5.90. The van der Waals surface area contributed by atoms with E-state index in [-0.39, 0.29) is 12.5 Å². The summed E-state index contributed by atoms with van der Waals surface area (Å²) in [5.41, 5.74) is 9.35. The largest absolute Gasteiger partial charge is 0.434 e. The smallest absolute Gasteiger partial charge is 0.291 e. The van der Waals surface area contributed by atoms with E-state index >= 15 is 0 Å². The van der Waals surface area contributed by atoms with E-state index < -0.39 is 0 Å². The molecule has 3 aromatic carbocycles. The molecule has 0 aliphatic carbocycles. The minimum absolute atomic E-state index is 0.127. The number of oxazole rings is 1. The molecule has 8 nitrogen and oxygen atoms in total. The number of aliphatic hydroxyl groups is 1. The summed E-state index contributed by atoms with van der Waals surface area (Å²) >= 11 is 6.39. The van der Waals surface area contributed by atoms with Crippen LogP contribution in [0.4, 0.5) is 5.69 Å². The average Bonchev–Trinajstić information content (AvgIpc) is 3.51. The molecule has 40 heavy (non-hydrogen) atoms. The first kappa shape index (κ1) is 26.3. The number of nitrogens with zero attached hydrogens (tertiary/aromatic N) is 4. The molecule has 1 amide bonds. The quantitative estimate of drug-likeness (QED) is 0.280. The van der Waals surface area contributed by atoms with Gasteiger partial charge in [-0.1, -0.05) is 35.9 Å². The van der Waals surface area contributed by atoms with Gasteiger partial charge < -0.3 is 24.3 Å². The Morgan fingerprint density at radius 3 is 2.55 bits per heavy atom. The minimum atomic E-state index is -0.226. The normalized spacial score (nSPS) is 13.6. The van der Waals surface area contributed by atoms with E-state index in [2.05, 4.69) is 33.3 Å². The third-order valence-electron chi connectivity index (χ3n) is 7.77. The van der Waals surface area contributed by atoms with Crippen molar-refractivity contribution >= 4 is 34.3 Å². The number of rotatable bonds is 5. The minimum Gasteiger partial charge on any atom is -0.434 e. The van der Waals surface area contributed by atoms with Gasteiger partial charge in [-0.05, 0) is 73.0 Å². The first-order valence-electron chi connectivity index (χ1n) is 13.2. The maximum Gasteiger partial charge on any atom is 0.291 e. The Morgan fingerprint density at radius 1 is 1.05 bits per heavy atom. The van der Waals surface area contributed by atoms with E-state index in [9.17, 15) is 9.90 Å². The Bertz CT molecular complexity index is 1790. The summed E-state index contributed by atoms with van der Waals surface area (Å²) in [6, 6.07) is 15.3. The van der Waals surface area contributed by atoms with Crippen molar-refractivity contribution in [3.05, 3.63) is 87.5 Å². The molecule has 6 rings (SSSR count). The highest BCUT2D eigenvalue weighted by molar-refractivity contribution is 6.34. The number of carbonyl (C=O) groups is 1. The summed E-state index contributed by atoms with van der Waals surface area (Å²) in [4.78, 5) is 24.9. The Hall–Kier alpha value is -3.98. The Kier molecular flexibility index (Phi) is 6.70. The molecule has 5 aromatic rings. The second kappa shape index (κ2) is 10.2. The molecule has 2 aromatic heterocycles. The topological polar surface area (TPSA) is 96.4 Å². The number of carbonyl (C=O) groups excluding carboxylic acids is 1. The molecule has 0 saturated heterocycles. The molecule has 2 N–H and O–H groups in total. The van der Waals surface area contributed by atoms with E-state index in [1.807, 2.05) is 55.8 Å². The second-order valence-electron chi connectivity index (χ2n) is 10.4. The van der Waals surface area contributed by atoms with Crippen LogP contribution in [0.2, 0.25) is 5.02 Å². The molecule has 0 unspecified atom stereocenters. The van der Waals surface area contributed by atoms with Crippen molar-refractivity contribution in [3.63, 3.8) is 0 Å². The average molecular weight is 556 g/mol. The summed E-state index contributed by atoms with van der Waals surface area (Å²) in [5, 5.41) is 13.0. The number of benzene rings is 3. The molecule has 1 aliphatic heterocycles. The first-order valence-corrected chi connectivity index (χ1v) is 13.6. The fraction of sp³-hybridized carbons (Fsp3) is 0.258. The molecule has 0 saturated carbocycles. The van der Waals surface area contributed by atoms with Gasteiger partial charge in [0.05, 0.1) is 17.3 Å².